The summed E-state index contributed by atoms with van der Waals surface area (Å²) in [5.41, 5.74) is 0. The quantitative estimate of drug-likeness (QED) is 0.266. The largest absolute Gasteiger partial charge is 4.00 e. The minimum absolute atomic E-state index is 0. The van der Waals surface area contributed by atoms with Gasteiger partial charge in [0.1, 0.15) is 0 Å². The molecule has 0 aliphatic heterocycles. The van der Waals surface area contributed by atoms with Crippen molar-refractivity contribution >= 4 is 0 Å². The first-order valence-corrected chi connectivity index (χ1v) is 0. The topological polar surface area (TPSA) is 370 Å². The molecule has 0 heterocycles. The van der Waals surface area contributed by atoms with Crippen LogP contribution in [0.25, 0.3) is 0 Å². The molecular formula is Ce2Nd2O13Pr2Zr2. The molecule has 0 saturated heterocycles. The molecule has 0 spiro atoms. The van der Waals surface area contributed by atoms with Crippen molar-refractivity contribution in [1.82, 2.24) is 0 Å². The van der Waals surface area contributed by atoms with Gasteiger partial charge < -0.3 is 71.2 Å². The van der Waals surface area contributed by atoms with Gasteiger partial charge in [-0.05, 0) is 0 Å². The average Bonchev–Trinajstić information content (AvgIpc) is 0. The summed E-state index contributed by atoms with van der Waals surface area (Å²) >= 11 is 0. The second-order valence-corrected chi connectivity index (χ2v) is 0. The van der Waals surface area contributed by atoms with E-state index in [0.29, 0.717) is 0 Å². The van der Waals surface area contributed by atoms with E-state index in [2.05, 4.69) is 0 Å². The summed E-state index contributed by atoms with van der Waals surface area (Å²) in [6.45, 7) is 0. The number of hydrogen-bond acceptors (Lipinski definition) is 0. The Morgan fingerprint density at radius 3 is 0.238 bits per heavy atom. The van der Waals surface area contributed by atoms with Crippen molar-refractivity contribution in [3.63, 3.8) is 0 Å². The minimum Gasteiger partial charge on any atom is -2.00 e. The van der Waals surface area contributed by atoms with Crippen molar-refractivity contribution in [1.29, 1.82) is 0 Å². The predicted molar refractivity (Wildman–Crippen MR) is 8.92 cm³/mol. The van der Waals surface area contributed by atoms with Gasteiger partial charge in [0.2, 0.25) is 0 Å². The Morgan fingerprint density at radius 2 is 0.238 bits per heavy atom. The first-order chi connectivity index (χ1) is 0. The molecule has 0 aliphatic carbocycles. The molecule has 108 valence electrons. The first-order valence-electron chi connectivity index (χ1n) is 0. The fraction of sp³-hybridized carbons (Fsp3) is 0. The van der Waals surface area contributed by atoms with Crippen LogP contribution < -0.4 is 0 Å². The van der Waals surface area contributed by atoms with E-state index in [-0.39, 0.29) is 371 Å². The Balaban J connectivity index is 0. The molecule has 0 aromatic carbocycles. The normalized spacial score (nSPS) is 0. The third-order valence-electron chi connectivity index (χ3n) is 0. The van der Waals surface area contributed by atoms with Crippen molar-refractivity contribution < 1.29 is 371 Å². The van der Waals surface area contributed by atoms with E-state index in [1.54, 1.807) is 0 Å². The standard InChI is InChI=1S/2Ce.2Nd.13O.2Pr.2Zr/q4*+3;13*-2;2*+3;2*+4. The summed E-state index contributed by atoms with van der Waals surface area (Å²) < 4.78 is 0. The minimum atomic E-state index is 0. The van der Waals surface area contributed by atoms with Gasteiger partial charge in [-0.1, -0.05) is 0 Å². The van der Waals surface area contributed by atoms with Crippen LogP contribution in [0.15, 0.2) is 0 Å². The second kappa shape index (κ2) is 268. The molecule has 0 amide bonds. The van der Waals surface area contributed by atoms with Crippen molar-refractivity contribution in [2.24, 2.45) is 0 Å². The van der Waals surface area contributed by atoms with Crippen LogP contribution in [0.2, 0.25) is 0 Å². The molecule has 0 atom stereocenters. The Labute approximate surface area is 360 Å². The summed E-state index contributed by atoms with van der Waals surface area (Å²) in [7, 11) is 0. The van der Waals surface area contributed by atoms with Gasteiger partial charge in [0, 0.05) is 0 Å². The summed E-state index contributed by atoms with van der Waals surface area (Å²) in [6, 6.07) is 0. The van der Waals surface area contributed by atoms with Gasteiger partial charge in [-0.3, -0.25) is 0 Å². The average molecular weight is 1240 g/mol. The Bertz CT molecular complexity index is 36.1. The maximum absolute atomic E-state index is 0. The third kappa shape index (κ3) is 249. The Hall–Kier alpha value is 9.43. The van der Waals surface area contributed by atoms with Crippen molar-refractivity contribution in [3.05, 3.63) is 0 Å². The SMILES string of the molecule is [Ce+3].[Ce+3].[Nd+3].[Nd+3].[O-2].[O-2].[O-2].[O-2].[O-2].[O-2].[O-2].[O-2].[O-2].[O-2].[O-2].[O-2].[O-2].[Pr+3].[Pr+3].[Zr+4].[Zr+4]. The Kier molecular flexibility index (Phi) is 3780. The molecule has 13 nitrogen and oxygen atoms in total. The third-order valence-corrected chi connectivity index (χ3v) is 0. The van der Waals surface area contributed by atoms with Crippen LogP contribution in [-0.4, -0.2) is 0 Å². The molecule has 4 radical (unpaired) electrons. The van der Waals surface area contributed by atoms with Crippen LogP contribution in [0.1, 0.15) is 0 Å². The zero-order chi connectivity index (χ0) is 0. The van der Waals surface area contributed by atoms with Gasteiger partial charge in [-0.15, -0.1) is 0 Å². The summed E-state index contributed by atoms with van der Waals surface area (Å²) in [5, 5.41) is 0. The summed E-state index contributed by atoms with van der Waals surface area (Å²) in [5.74, 6) is 0. The smallest absolute Gasteiger partial charge is 2.00 e. The van der Waals surface area contributed by atoms with Crippen molar-refractivity contribution in [2.75, 3.05) is 0 Å². The molecule has 0 aromatic heterocycles. The fourth-order valence-electron chi connectivity index (χ4n) is 0. The van der Waals surface area contributed by atoms with E-state index in [1.807, 2.05) is 0 Å². The molecule has 0 aromatic rings. The van der Waals surface area contributed by atoms with Crippen LogP contribution in [0.3, 0.4) is 0 Å². The zero-order valence-corrected chi connectivity index (χ0v) is 34.5. The van der Waals surface area contributed by atoms with Gasteiger partial charge in [0.15, 0.2) is 0 Å². The van der Waals surface area contributed by atoms with Crippen LogP contribution >= 0.6 is 0 Å². The molecule has 0 unspecified atom stereocenters. The first kappa shape index (κ1) is 296. The van der Waals surface area contributed by atoms with Gasteiger partial charge in [0.25, 0.3) is 0 Å². The van der Waals surface area contributed by atoms with E-state index in [1.165, 1.54) is 0 Å². The van der Waals surface area contributed by atoms with E-state index in [4.69, 9.17) is 0 Å². The van der Waals surface area contributed by atoms with Crippen LogP contribution in [0.5, 0.6) is 0 Å². The van der Waals surface area contributed by atoms with Gasteiger partial charge in [0.05, 0.1) is 0 Å². The molecule has 0 aliphatic rings. The monoisotopic (exact) mass is 1230 g/mol. The number of rotatable bonds is 0. The van der Waals surface area contributed by atoms with Crippen molar-refractivity contribution in [3.8, 4) is 0 Å². The number of hydrogen-bond donors (Lipinski definition) is 0. The summed E-state index contributed by atoms with van der Waals surface area (Å²) in [4.78, 5) is 0. The maximum atomic E-state index is 0. The van der Waals surface area contributed by atoms with Crippen LogP contribution in [0, 0.1) is 248 Å². The molecular weight excluding hydrogens is 1240 g/mol. The maximum Gasteiger partial charge on any atom is 4.00 e. The van der Waals surface area contributed by atoms with Gasteiger partial charge in [-0.2, -0.15) is 0 Å². The van der Waals surface area contributed by atoms with E-state index in [9.17, 15) is 0 Å². The molecule has 21 heavy (non-hydrogen) atoms. The van der Waals surface area contributed by atoms with Crippen LogP contribution in [-0.2, 0) is 124 Å². The van der Waals surface area contributed by atoms with Gasteiger partial charge >= 0.3 is 300 Å². The molecule has 0 N–H and O–H groups in total. The predicted octanol–water partition coefficient (Wildman–Crippen LogP) is -1.55. The van der Waals surface area contributed by atoms with E-state index in [0.717, 1.165) is 0 Å². The zero-order valence-electron chi connectivity index (χ0n) is 9.46. The molecule has 0 bridgehead atoms. The second-order valence-electron chi connectivity index (χ2n) is 0. The molecule has 21 heteroatoms. The van der Waals surface area contributed by atoms with Crippen molar-refractivity contribution in [2.45, 2.75) is 0 Å². The Morgan fingerprint density at radius 1 is 0.238 bits per heavy atom. The molecule has 0 fully saturated rings. The molecule has 0 rings (SSSR count). The fourth-order valence-corrected chi connectivity index (χ4v) is 0. The van der Waals surface area contributed by atoms with Gasteiger partial charge in [-0.25, -0.2) is 0 Å². The van der Waals surface area contributed by atoms with Crippen LogP contribution in [0.4, 0.5) is 0 Å². The summed E-state index contributed by atoms with van der Waals surface area (Å²) in [6.07, 6.45) is 0. The van der Waals surface area contributed by atoms with E-state index < -0.39 is 0 Å². The van der Waals surface area contributed by atoms with E-state index >= 15 is 0 Å². The molecule has 0 saturated carbocycles.